The van der Waals surface area contributed by atoms with Gasteiger partial charge in [-0.15, -0.1) is 0 Å². The zero-order valence-corrected chi connectivity index (χ0v) is 8.68. The van der Waals surface area contributed by atoms with Crippen LogP contribution in [0.5, 0.6) is 0 Å². The fraction of sp³-hybridized carbons (Fsp3) is 0.167. The molecule has 0 saturated heterocycles. The normalized spacial score (nSPS) is 10.2. The van der Waals surface area contributed by atoms with Gasteiger partial charge in [0.05, 0.1) is 11.6 Å². The lowest BCUT2D eigenvalue weighted by atomic mass is 10.1. The maximum atomic E-state index is 10.2. The van der Waals surface area contributed by atoms with Crippen LogP contribution in [0.4, 0.5) is 0 Å². The maximum absolute atomic E-state index is 10.2. The van der Waals surface area contributed by atoms with Crippen molar-refractivity contribution in [1.29, 1.82) is 5.26 Å². The fourth-order valence-corrected chi connectivity index (χ4v) is 1.21. The molecule has 0 fully saturated rings. The SMILES string of the molecule is N#Cc1cccc(CNC/C=C/C(=O)O)c1. The van der Waals surface area contributed by atoms with Crippen LogP contribution in [-0.2, 0) is 11.3 Å². The summed E-state index contributed by atoms with van der Waals surface area (Å²) in [6.45, 7) is 1.10. The van der Waals surface area contributed by atoms with Gasteiger partial charge in [0.2, 0.25) is 0 Å². The summed E-state index contributed by atoms with van der Waals surface area (Å²) in [7, 11) is 0. The zero-order chi connectivity index (χ0) is 11.8. The number of nitriles is 1. The molecular formula is C12H12N2O2. The first-order valence-electron chi connectivity index (χ1n) is 4.81. The van der Waals surface area contributed by atoms with E-state index in [-0.39, 0.29) is 0 Å². The smallest absolute Gasteiger partial charge is 0.328 e. The van der Waals surface area contributed by atoms with Crippen LogP contribution in [0.25, 0.3) is 0 Å². The van der Waals surface area contributed by atoms with Crippen LogP contribution in [0.1, 0.15) is 11.1 Å². The third-order valence-electron chi connectivity index (χ3n) is 1.91. The first kappa shape index (κ1) is 12.0. The molecule has 0 atom stereocenters. The van der Waals surface area contributed by atoms with Gasteiger partial charge in [-0.05, 0) is 17.7 Å². The molecule has 0 spiro atoms. The van der Waals surface area contributed by atoms with Crippen LogP contribution in [0, 0.1) is 11.3 Å². The Morgan fingerprint density at radius 2 is 2.38 bits per heavy atom. The fourth-order valence-electron chi connectivity index (χ4n) is 1.21. The number of carbonyl (C=O) groups is 1. The summed E-state index contributed by atoms with van der Waals surface area (Å²) in [5.41, 5.74) is 1.63. The van der Waals surface area contributed by atoms with Crippen molar-refractivity contribution in [2.75, 3.05) is 6.54 Å². The summed E-state index contributed by atoms with van der Waals surface area (Å²) in [5.74, 6) is -0.951. The highest BCUT2D eigenvalue weighted by atomic mass is 16.4. The van der Waals surface area contributed by atoms with Crippen molar-refractivity contribution in [1.82, 2.24) is 5.32 Å². The predicted molar refractivity (Wildman–Crippen MR) is 59.6 cm³/mol. The standard InChI is InChI=1S/C12H12N2O2/c13-8-10-3-1-4-11(7-10)9-14-6-2-5-12(15)16/h1-5,7,14H,6,9H2,(H,15,16)/b5-2+. The van der Waals surface area contributed by atoms with Crippen molar-refractivity contribution in [3.8, 4) is 6.07 Å². The Balaban J connectivity index is 2.38. The van der Waals surface area contributed by atoms with Crippen LogP contribution < -0.4 is 5.32 Å². The lowest BCUT2D eigenvalue weighted by Crippen LogP contribution is -2.13. The number of hydrogen-bond donors (Lipinski definition) is 2. The van der Waals surface area contributed by atoms with E-state index in [0.29, 0.717) is 18.7 Å². The molecule has 0 radical (unpaired) electrons. The quantitative estimate of drug-likeness (QED) is 0.574. The molecule has 4 nitrogen and oxygen atoms in total. The molecule has 0 unspecified atom stereocenters. The van der Waals surface area contributed by atoms with E-state index in [0.717, 1.165) is 11.6 Å². The highest BCUT2D eigenvalue weighted by Gasteiger charge is 1.93. The summed E-state index contributed by atoms with van der Waals surface area (Å²) < 4.78 is 0. The van der Waals surface area contributed by atoms with Gasteiger partial charge in [-0.1, -0.05) is 18.2 Å². The second kappa shape index (κ2) is 6.38. The van der Waals surface area contributed by atoms with Gasteiger partial charge in [-0.2, -0.15) is 5.26 Å². The van der Waals surface area contributed by atoms with E-state index in [1.807, 2.05) is 12.1 Å². The summed E-state index contributed by atoms with van der Waals surface area (Å²) in [6.07, 6.45) is 2.63. The van der Waals surface area contributed by atoms with Crippen LogP contribution in [0.3, 0.4) is 0 Å². The molecule has 0 aliphatic heterocycles. The average molecular weight is 216 g/mol. The van der Waals surface area contributed by atoms with Crippen molar-refractivity contribution in [3.05, 3.63) is 47.5 Å². The van der Waals surface area contributed by atoms with Crippen molar-refractivity contribution >= 4 is 5.97 Å². The summed E-state index contributed by atoms with van der Waals surface area (Å²) in [4.78, 5) is 10.2. The van der Waals surface area contributed by atoms with Crippen LogP contribution >= 0.6 is 0 Å². The maximum Gasteiger partial charge on any atom is 0.328 e. The molecule has 0 saturated carbocycles. The highest BCUT2D eigenvalue weighted by Crippen LogP contribution is 2.03. The largest absolute Gasteiger partial charge is 0.478 e. The van der Waals surface area contributed by atoms with E-state index >= 15 is 0 Å². The third-order valence-corrected chi connectivity index (χ3v) is 1.91. The minimum Gasteiger partial charge on any atom is -0.478 e. The van der Waals surface area contributed by atoms with E-state index in [2.05, 4.69) is 11.4 Å². The summed E-state index contributed by atoms with van der Waals surface area (Å²) >= 11 is 0. The molecule has 0 amide bonds. The van der Waals surface area contributed by atoms with E-state index in [1.54, 1.807) is 12.1 Å². The first-order valence-corrected chi connectivity index (χ1v) is 4.81. The molecule has 1 rings (SSSR count). The molecular weight excluding hydrogens is 204 g/mol. The van der Waals surface area contributed by atoms with Crippen molar-refractivity contribution in [3.63, 3.8) is 0 Å². The lowest BCUT2D eigenvalue weighted by Gasteiger charge is -2.01. The topological polar surface area (TPSA) is 73.1 Å². The number of nitrogens with zero attached hydrogens (tertiary/aromatic N) is 1. The predicted octanol–water partition coefficient (Wildman–Crippen LogP) is 1.29. The molecule has 0 aromatic heterocycles. The molecule has 82 valence electrons. The van der Waals surface area contributed by atoms with Crippen LogP contribution in [0.2, 0.25) is 0 Å². The minimum atomic E-state index is -0.951. The number of carboxylic acid groups (broad SMARTS) is 1. The van der Waals surface area contributed by atoms with E-state index in [4.69, 9.17) is 10.4 Å². The highest BCUT2D eigenvalue weighted by molar-refractivity contribution is 5.79. The molecule has 0 bridgehead atoms. The lowest BCUT2D eigenvalue weighted by molar-refractivity contribution is -0.131. The Hall–Kier alpha value is -2.12. The van der Waals surface area contributed by atoms with Gasteiger partial charge < -0.3 is 10.4 Å². The molecule has 16 heavy (non-hydrogen) atoms. The van der Waals surface area contributed by atoms with Crippen molar-refractivity contribution in [2.24, 2.45) is 0 Å². The number of nitrogens with one attached hydrogen (secondary N) is 1. The zero-order valence-electron chi connectivity index (χ0n) is 8.68. The van der Waals surface area contributed by atoms with E-state index in [9.17, 15) is 4.79 Å². The molecule has 1 aromatic rings. The Bertz CT molecular complexity index is 433. The molecule has 0 heterocycles. The third kappa shape index (κ3) is 4.40. The monoisotopic (exact) mass is 216 g/mol. The Kier molecular flexibility index (Phi) is 4.77. The Morgan fingerprint density at radius 3 is 3.06 bits per heavy atom. The molecule has 2 N–H and O–H groups in total. The molecule has 4 heteroatoms. The Morgan fingerprint density at radius 1 is 1.56 bits per heavy atom. The van der Waals surface area contributed by atoms with Crippen LogP contribution in [0.15, 0.2) is 36.4 Å². The second-order valence-electron chi connectivity index (χ2n) is 3.18. The molecule has 0 aliphatic rings. The summed E-state index contributed by atoms with van der Waals surface area (Å²) in [5, 5.41) is 20.1. The second-order valence-corrected chi connectivity index (χ2v) is 3.18. The number of carboxylic acids is 1. The number of aliphatic carboxylic acids is 1. The Labute approximate surface area is 93.8 Å². The van der Waals surface area contributed by atoms with Gasteiger partial charge in [0.25, 0.3) is 0 Å². The van der Waals surface area contributed by atoms with Gasteiger partial charge in [-0.25, -0.2) is 4.79 Å². The average Bonchev–Trinajstić information content (AvgIpc) is 2.28. The van der Waals surface area contributed by atoms with Gasteiger partial charge in [0, 0.05) is 19.2 Å². The number of rotatable bonds is 5. The number of hydrogen-bond acceptors (Lipinski definition) is 3. The van der Waals surface area contributed by atoms with E-state index < -0.39 is 5.97 Å². The van der Waals surface area contributed by atoms with Gasteiger partial charge in [0.15, 0.2) is 0 Å². The van der Waals surface area contributed by atoms with Crippen LogP contribution in [-0.4, -0.2) is 17.6 Å². The van der Waals surface area contributed by atoms with Gasteiger partial charge in [0.1, 0.15) is 0 Å². The van der Waals surface area contributed by atoms with Crippen molar-refractivity contribution < 1.29 is 9.90 Å². The number of benzene rings is 1. The van der Waals surface area contributed by atoms with Gasteiger partial charge in [-0.3, -0.25) is 0 Å². The first-order chi connectivity index (χ1) is 7.72. The van der Waals surface area contributed by atoms with Gasteiger partial charge >= 0.3 is 5.97 Å². The molecule has 0 aliphatic carbocycles. The van der Waals surface area contributed by atoms with E-state index in [1.165, 1.54) is 6.08 Å². The minimum absolute atomic E-state index is 0.489. The summed E-state index contributed by atoms with van der Waals surface area (Å²) in [6, 6.07) is 9.34. The van der Waals surface area contributed by atoms with Crippen molar-refractivity contribution in [2.45, 2.75) is 6.54 Å². The molecule has 1 aromatic carbocycles.